The maximum atomic E-state index is 9.28. The van der Waals surface area contributed by atoms with E-state index in [1.165, 1.54) is 6.33 Å². The van der Waals surface area contributed by atoms with Crippen LogP contribution >= 0.6 is 0 Å². The molecule has 1 unspecified atom stereocenters. The lowest BCUT2D eigenvalue weighted by molar-refractivity contribution is 0.329. The van der Waals surface area contributed by atoms with E-state index < -0.39 is 0 Å². The minimum atomic E-state index is -0.0217. The van der Waals surface area contributed by atoms with E-state index in [1.54, 1.807) is 0 Å². The number of hydrogen-bond acceptors (Lipinski definition) is 7. The Labute approximate surface area is 141 Å². The van der Waals surface area contributed by atoms with Gasteiger partial charge in [-0.05, 0) is 19.1 Å². The number of hydrogen-bond donors (Lipinski definition) is 2. The lowest BCUT2D eigenvalue weighted by atomic mass is 10.2. The van der Waals surface area contributed by atoms with Gasteiger partial charge < -0.3 is 20.9 Å². The molecule has 2 aromatic rings. The molecule has 3 N–H and O–H groups in total. The van der Waals surface area contributed by atoms with Crippen LogP contribution in [0, 0.1) is 11.3 Å². The number of benzene rings is 1. The van der Waals surface area contributed by atoms with Gasteiger partial charge in [-0.2, -0.15) is 5.26 Å². The molecule has 1 aromatic carbocycles. The van der Waals surface area contributed by atoms with Gasteiger partial charge in [-0.15, -0.1) is 0 Å². The number of nitrogens with zero attached hydrogens (tertiary/aromatic N) is 5. The van der Waals surface area contributed by atoms with E-state index >= 15 is 0 Å². The van der Waals surface area contributed by atoms with Gasteiger partial charge >= 0.3 is 0 Å². The highest BCUT2D eigenvalue weighted by atomic mass is 15.4. The summed E-state index contributed by atoms with van der Waals surface area (Å²) < 4.78 is 0. The third-order valence-corrected chi connectivity index (χ3v) is 4.02. The molecule has 1 aromatic heterocycles. The molecule has 1 aliphatic rings. The third-order valence-electron chi connectivity index (χ3n) is 4.02. The molecular formula is C17H19N7. The highest BCUT2D eigenvalue weighted by molar-refractivity contribution is 5.62. The van der Waals surface area contributed by atoms with E-state index in [9.17, 15) is 5.26 Å². The molecule has 0 bridgehead atoms. The zero-order valence-electron chi connectivity index (χ0n) is 13.6. The van der Waals surface area contributed by atoms with Crippen molar-refractivity contribution in [2.24, 2.45) is 0 Å². The maximum Gasteiger partial charge on any atom is 0.149 e. The predicted molar refractivity (Wildman–Crippen MR) is 93.9 cm³/mol. The first-order chi connectivity index (χ1) is 11.6. The Morgan fingerprint density at radius 1 is 1.25 bits per heavy atom. The van der Waals surface area contributed by atoms with Crippen LogP contribution in [0.25, 0.3) is 0 Å². The van der Waals surface area contributed by atoms with Gasteiger partial charge in [0.25, 0.3) is 0 Å². The fourth-order valence-electron chi connectivity index (χ4n) is 2.89. The minimum absolute atomic E-state index is 0.0217. The SMILES string of the molecule is CC(Nc1ncnc(N)c1C#N)[C@H]1N(C)C=CN1c1ccccc1. The average Bonchev–Trinajstić information content (AvgIpc) is 2.97. The normalized spacial score (nSPS) is 17.6. The molecule has 7 nitrogen and oxygen atoms in total. The molecule has 122 valence electrons. The van der Waals surface area contributed by atoms with E-state index in [0.29, 0.717) is 5.82 Å². The predicted octanol–water partition coefficient (Wildman–Crippen LogP) is 1.98. The van der Waals surface area contributed by atoms with Crippen molar-refractivity contribution in [2.75, 3.05) is 23.0 Å². The topological polar surface area (TPSA) is 94.1 Å². The molecule has 1 aliphatic heterocycles. The second-order valence-corrected chi connectivity index (χ2v) is 5.65. The Bertz CT molecular complexity index is 781. The van der Waals surface area contributed by atoms with Gasteiger partial charge in [-0.3, -0.25) is 0 Å². The fourth-order valence-corrected chi connectivity index (χ4v) is 2.89. The quantitative estimate of drug-likeness (QED) is 0.889. The van der Waals surface area contributed by atoms with Gasteiger partial charge in [0.15, 0.2) is 0 Å². The molecule has 2 atom stereocenters. The summed E-state index contributed by atoms with van der Waals surface area (Å²) in [6, 6.07) is 12.2. The van der Waals surface area contributed by atoms with Crippen molar-refractivity contribution in [1.82, 2.24) is 14.9 Å². The van der Waals surface area contributed by atoms with Crippen molar-refractivity contribution in [1.29, 1.82) is 5.26 Å². The number of nitrogens with two attached hydrogens (primary N) is 1. The zero-order valence-corrected chi connectivity index (χ0v) is 13.6. The molecule has 0 fully saturated rings. The summed E-state index contributed by atoms with van der Waals surface area (Å²) >= 11 is 0. The van der Waals surface area contributed by atoms with Crippen molar-refractivity contribution >= 4 is 17.3 Å². The van der Waals surface area contributed by atoms with E-state index in [4.69, 9.17) is 5.73 Å². The van der Waals surface area contributed by atoms with E-state index in [0.717, 1.165) is 5.69 Å². The van der Waals surface area contributed by atoms with Gasteiger partial charge in [0, 0.05) is 25.1 Å². The monoisotopic (exact) mass is 321 g/mol. The summed E-state index contributed by atoms with van der Waals surface area (Å²) in [5, 5.41) is 12.6. The molecule has 24 heavy (non-hydrogen) atoms. The molecule has 0 aliphatic carbocycles. The standard InChI is InChI=1S/C17H19N7/c1-12(22-16-14(10-18)15(19)20-11-21-16)17-23(2)8-9-24(17)13-6-4-3-5-7-13/h3-9,11-12,17H,1-2H3,(H3,19,20,21,22)/t12?,17-/m0/s1. The molecule has 0 radical (unpaired) electrons. The summed E-state index contributed by atoms with van der Waals surface area (Å²) in [4.78, 5) is 12.3. The van der Waals surface area contributed by atoms with Crippen molar-refractivity contribution in [3.63, 3.8) is 0 Å². The van der Waals surface area contributed by atoms with Crippen molar-refractivity contribution in [3.05, 3.63) is 54.6 Å². The maximum absolute atomic E-state index is 9.28. The molecule has 0 spiro atoms. The second-order valence-electron chi connectivity index (χ2n) is 5.65. The molecule has 0 saturated carbocycles. The Balaban J connectivity index is 1.85. The fraction of sp³-hybridized carbons (Fsp3) is 0.235. The lowest BCUT2D eigenvalue weighted by Gasteiger charge is -2.35. The number of nitrogens with one attached hydrogen (secondary N) is 1. The largest absolute Gasteiger partial charge is 0.382 e. The summed E-state index contributed by atoms with van der Waals surface area (Å²) in [7, 11) is 2.02. The summed E-state index contributed by atoms with van der Waals surface area (Å²) in [6.45, 7) is 2.05. The first kappa shape index (κ1) is 15.6. The Morgan fingerprint density at radius 3 is 2.71 bits per heavy atom. The molecule has 7 heteroatoms. The first-order valence-corrected chi connectivity index (χ1v) is 7.62. The number of aromatic nitrogens is 2. The second kappa shape index (κ2) is 6.46. The van der Waals surface area contributed by atoms with Gasteiger partial charge in [-0.25, -0.2) is 9.97 Å². The minimum Gasteiger partial charge on any atom is -0.382 e. The van der Waals surface area contributed by atoms with Gasteiger partial charge in [0.2, 0.25) is 0 Å². The number of likely N-dealkylation sites (N-methyl/N-ethyl adjacent to an activating group) is 1. The summed E-state index contributed by atoms with van der Waals surface area (Å²) in [6.07, 6.45) is 5.46. The van der Waals surface area contributed by atoms with E-state index in [1.807, 2.05) is 44.6 Å². The van der Waals surface area contributed by atoms with Crippen LogP contribution in [0.3, 0.4) is 0 Å². The van der Waals surface area contributed by atoms with Crippen molar-refractivity contribution < 1.29 is 0 Å². The summed E-state index contributed by atoms with van der Waals surface area (Å²) in [5.41, 5.74) is 7.12. The third kappa shape index (κ3) is 2.82. The number of para-hydroxylation sites is 1. The van der Waals surface area contributed by atoms with Crippen LogP contribution in [-0.2, 0) is 0 Å². The number of nitriles is 1. The highest BCUT2D eigenvalue weighted by Gasteiger charge is 2.30. The van der Waals surface area contributed by atoms with Crippen LogP contribution in [0.1, 0.15) is 12.5 Å². The highest BCUT2D eigenvalue weighted by Crippen LogP contribution is 2.27. The Hall–Kier alpha value is -3.27. The molecule has 0 saturated heterocycles. The zero-order chi connectivity index (χ0) is 17.1. The van der Waals surface area contributed by atoms with Crippen LogP contribution in [0.15, 0.2) is 49.1 Å². The number of nitrogen functional groups attached to an aromatic ring is 1. The number of anilines is 3. The van der Waals surface area contributed by atoms with Gasteiger partial charge in [-0.1, -0.05) is 18.2 Å². The molecular weight excluding hydrogens is 302 g/mol. The first-order valence-electron chi connectivity index (χ1n) is 7.62. The Morgan fingerprint density at radius 2 is 2.00 bits per heavy atom. The number of rotatable bonds is 4. The van der Waals surface area contributed by atoms with Crippen LogP contribution in [0.5, 0.6) is 0 Å². The van der Waals surface area contributed by atoms with Crippen LogP contribution in [0.2, 0.25) is 0 Å². The van der Waals surface area contributed by atoms with Gasteiger partial charge in [0.05, 0.1) is 6.04 Å². The molecule has 2 heterocycles. The van der Waals surface area contributed by atoms with Crippen molar-refractivity contribution in [3.8, 4) is 6.07 Å². The van der Waals surface area contributed by atoms with Crippen LogP contribution in [0.4, 0.5) is 17.3 Å². The van der Waals surface area contributed by atoms with Gasteiger partial charge in [0.1, 0.15) is 35.8 Å². The molecule has 3 rings (SSSR count). The summed E-state index contributed by atoms with van der Waals surface area (Å²) in [5.74, 6) is 0.630. The van der Waals surface area contributed by atoms with E-state index in [-0.39, 0.29) is 23.6 Å². The lowest BCUT2D eigenvalue weighted by Crippen LogP contribution is -2.48. The van der Waals surface area contributed by atoms with Crippen LogP contribution in [-0.4, -0.2) is 34.1 Å². The van der Waals surface area contributed by atoms with Crippen LogP contribution < -0.4 is 16.0 Å². The van der Waals surface area contributed by atoms with Crippen molar-refractivity contribution in [2.45, 2.75) is 19.1 Å². The Kier molecular flexibility index (Phi) is 4.20. The van der Waals surface area contributed by atoms with E-state index in [2.05, 4.69) is 43.3 Å². The average molecular weight is 321 g/mol. The smallest absolute Gasteiger partial charge is 0.149 e. The molecule has 0 amide bonds.